The Bertz CT molecular complexity index is 357. The molecule has 1 rings (SSSR count). The van der Waals surface area contributed by atoms with Crippen LogP contribution in [0.25, 0.3) is 0 Å². The zero-order valence-electron chi connectivity index (χ0n) is 9.67. The van der Waals surface area contributed by atoms with Gasteiger partial charge in [0.15, 0.2) is 4.34 Å². The molecule has 0 aliphatic heterocycles. The van der Waals surface area contributed by atoms with Crippen LogP contribution < -0.4 is 5.32 Å². The van der Waals surface area contributed by atoms with Crippen molar-refractivity contribution in [3.05, 3.63) is 0 Å². The molecule has 0 aromatic carbocycles. The fraction of sp³-hybridized carbons (Fsp3) is 0.667. The average Bonchev–Trinajstić information content (AvgIpc) is 2.69. The lowest BCUT2D eigenvalue weighted by Crippen LogP contribution is -2.12. The molecule has 0 fully saturated rings. The van der Waals surface area contributed by atoms with Crippen LogP contribution >= 0.6 is 23.1 Å². The lowest BCUT2D eigenvalue weighted by molar-refractivity contribution is -0.133. The summed E-state index contributed by atoms with van der Waals surface area (Å²) >= 11 is 2.51. The Hall–Kier alpha value is -0.860. The molecule has 0 saturated heterocycles. The molecule has 0 atom stereocenters. The van der Waals surface area contributed by atoms with E-state index in [4.69, 9.17) is 9.84 Å². The van der Waals surface area contributed by atoms with E-state index in [1.54, 1.807) is 0 Å². The fourth-order valence-corrected chi connectivity index (χ4v) is 2.41. The van der Waals surface area contributed by atoms with Gasteiger partial charge in [-0.2, -0.15) is 0 Å². The first kappa shape index (κ1) is 14.2. The van der Waals surface area contributed by atoms with Crippen LogP contribution in [-0.4, -0.2) is 46.3 Å². The summed E-state index contributed by atoms with van der Waals surface area (Å²) < 4.78 is 6.01. The van der Waals surface area contributed by atoms with Gasteiger partial charge < -0.3 is 15.2 Å². The van der Waals surface area contributed by atoms with E-state index in [2.05, 4.69) is 15.5 Å². The van der Waals surface area contributed by atoms with E-state index in [-0.39, 0.29) is 11.9 Å². The van der Waals surface area contributed by atoms with E-state index in [0.717, 1.165) is 0 Å². The predicted molar refractivity (Wildman–Crippen MR) is 67.8 cm³/mol. The number of aliphatic carboxylic acids is 1. The predicted octanol–water partition coefficient (Wildman–Crippen LogP) is 1.55. The summed E-state index contributed by atoms with van der Waals surface area (Å²) in [4.78, 5) is 10.4. The maximum atomic E-state index is 10.4. The van der Waals surface area contributed by atoms with Crippen LogP contribution in [0.3, 0.4) is 0 Å². The molecule has 0 amide bonds. The number of anilines is 1. The number of carboxylic acids is 1. The molecule has 0 spiro atoms. The van der Waals surface area contributed by atoms with Crippen LogP contribution in [0.5, 0.6) is 0 Å². The van der Waals surface area contributed by atoms with Crippen molar-refractivity contribution in [1.29, 1.82) is 0 Å². The largest absolute Gasteiger partial charge is 0.481 e. The van der Waals surface area contributed by atoms with E-state index in [1.807, 2.05) is 13.8 Å². The summed E-state index contributed by atoms with van der Waals surface area (Å²) in [5, 5.41) is 20.0. The lowest BCUT2D eigenvalue weighted by atomic mass is 10.5. The molecule has 96 valence electrons. The van der Waals surface area contributed by atoms with Crippen LogP contribution in [0.1, 0.15) is 13.8 Å². The van der Waals surface area contributed by atoms with Gasteiger partial charge in [0.05, 0.1) is 18.5 Å². The normalized spacial score (nSPS) is 10.8. The van der Waals surface area contributed by atoms with Gasteiger partial charge >= 0.3 is 5.97 Å². The molecule has 0 saturated carbocycles. The van der Waals surface area contributed by atoms with Crippen molar-refractivity contribution >= 4 is 34.2 Å². The molecular formula is C9H15N3O3S2. The second-order valence-corrected chi connectivity index (χ2v) is 5.60. The minimum absolute atomic E-state index is 0.00505. The number of ether oxygens (including phenoxy) is 1. The highest BCUT2D eigenvalue weighted by Crippen LogP contribution is 2.24. The number of hydrogen-bond acceptors (Lipinski definition) is 7. The Morgan fingerprint density at radius 3 is 3.00 bits per heavy atom. The zero-order chi connectivity index (χ0) is 12.7. The van der Waals surface area contributed by atoms with Gasteiger partial charge in [0.1, 0.15) is 0 Å². The molecular weight excluding hydrogens is 262 g/mol. The van der Waals surface area contributed by atoms with Gasteiger partial charge in [0, 0.05) is 6.54 Å². The standard InChI is InChI=1S/C9H15N3O3S2/c1-6(2)15-4-3-10-8-11-12-9(17-8)16-5-7(13)14/h6H,3-5H2,1-2H3,(H,10,11)(H,13,14). The molecule has 8 heteroatoms. The molecule has 1 heterocycles. The van der Waals surface area contributed by atoms with Crippen molar-refractivity contribution < 1.29 is 14.6 Å². The van der Waals surface area contributed by atoms with Crippen molar-refractivity contribution in [3.8, 4) is 0 Å². The van der Waals surface area contributed by atoms with E-state index < -0.39 is 5.97 Å². The highest BCUT2D eigenvalue weighted by Gasteiger charge is 2.06. The molecule has 17 heavy (non-hydrogen) atoms. The number of thioether (sulfide) groups is 1. The first-order valence-electron chi connectivity index (χ1n) is 5.11. The Morgan fingerprint density at radius 1 is 1.59 bits per heavy atom. The van der Waals surface area contributed by atoms with Crippen LogP contribution in [0.4, 0.5) is 5.13 Å². The summed E-state index contributed by atoms with van der Waals surface area (Å²) in [5.74, 6) is -0.851. The monoisotopic (exact) mass is 277 g/mol. The minimum atomic E-state index is -0.856. The molecule has 1 aromatic rings. The highest BCUT2D eigenvalue weighted by molar-refractivity contribution is 8.01. The Kier molecular flexibility index (Phi) is 6.23. The summed E-state index contributed by atoms with van der Waals surface area (Å²) in [6.07, 6.45) is 0.216. The number of rotatable bonds is 8. The van der Waals surface area contributed by atoms with E-state index in [0.29, 0.717) is 22.6 Å². The van der Waals surface area contributed by atoms with Gasteiger partial charge in [0.2, 0.25) is 5.13 Å². The van der Waals surface area contributed by atoms with Gasteiger partial charge in [-0.1, -0.05) is 23.1 Å². The topological polar surface area (TPSA) is 84.3 Å². The second kappa shape index (κ2) is 7.46. The molecule has 6 nitrogen and oxygen atoms in total. The quantitative estimate of drug-likeness (QED) is 0.551. The maximum absolute atomic E-state index is 10.4. The Labute approximate surface area is 108 Å². The first-order valence-corrected chi connectivity index (χ1v) is 6.91. The Morgan fingerprint density at radius 2 is 2.35 bits per heavy atom. The van der Waals surface area contributed by atoms with Crippen molar-refractivity contribution in [2.75, 3.05) is 24.2 Å². The smallest absolute Gasteiger partial charge is 0.313 e. The SMILES string of the molecule is CC(C)OCCNc1nnc(SCC(=O)O)s1. The zero-order valence-corrected chi connectivity index (χ0v) is 11.3. The molecule has 0 bridgehead atoms. The number of hydrogen-bond donors (Lipinski definition) is 2. The molecule has 0 unspecified atom stereocenters. The third kappa shape index (κ3) is 6.44. The summed E-state index contributed by atoms with van der Waals surface area (Å²) in [6.45, 7) is 5.22. The fourth-order valence-electron chi connectivity index (χ4n) is 0.916. The number of carbonyl (C=O) groups is 1. The van der Waals surface area contributed by atoms with Gasteiger partial charge in [-0.15, -0.1) is 10.2 Å². The lowest BCUT2D eigenvalue weighted by Gasteiger charge is -2.06. The third-order valence-corrected chi connectivity index (χ3v) is 3.55. The van der Waals surface area contributed by atoms with Crippen LogP contribution in [0, 0.1) is 0 Å². The van der Waals surface area contributed by atoms with Gasteiger partial charge in [-0.25, -0.2) is 0 Å². The minimum Gasteiger partial charge on any atom is -0.481 e. The third-order valence-electron chi connectivity index (χ3n) is 1.56. The number of aromatic nitrogens is 2. The van der Waals surface area contributed by atoms with Crippen LogP contribution in [0.2, 0.25) is 0 Å². The average molecular weight is 277 g/mol. The van der Waals surface area contributed by atoms with E-state index >= 15 is 0 Å². The van der Waals surface area contributed by atoms with Gasteiger partial charge in [-0.05, 0) is 13.8 Å². The highest BCUT2D eigenvalue weighted by atomic mass is 32.2. The second-order valence-electron chi connectivity index (χ2n) is 3.40. The first-order chi connectivity index (χ1) is 8.08. The van der Waals surface area contributed by atoms with Crippen LogP contribution in [-0.2, 0) is 9.53 Å². The molecule has 0 radical (unpaired) electrons. The summed E-state index contributed by atoms with van der Waals surface area (Å²) in [7, 11) is 0. The summed E-state index contributed by atoms with van der Waals surface area (Å²) in [6, 6.07) is 0. The van der Waals surface area contributed by atoms with Crippen molar-refractivity contribution in [2.24, 2.45) is 0 Å². The molecule has 0 aliphatic rings. The van der Waals surface area contributed by atoms with Crippen molar-refractivity contribution in [1.82, 2.24) is 10.2 Å². The maximum Gasteiger partial charge on any atom is 0.313 e. The summed E-state index contributed by atoms with van der Waals surface area (Å²) in [5.41, 5.74) is 0. The number of carboxylic acid groups (broad SMARTS) is 1. The van der Waals surface area contributed by atoms with Crippen molar-refractivity contribution in [2.45, 2.75) is 24.3 Å². The van der Waals surface area contributed by atoms with Crippen molar-refractivity contribution in [3.63, 3.8) is 0 Å². The number of nitrogens with one attached hydrogen (secondary N) is 1. The van der Waals surface area contributed by atoms with E-state index in [1.165, 1.54) is 23.1 Å². The molecule has 2 N–H and O–H groups in total. The van der Waals surface area contributed by atoms with Gasteiger partial charge in [0.25, 0.3) is 0 Å². The van der Waals surface area contributed by atoms with Crippen LogP contribution in [0.15, 0.2) is 4.34 Å². The number of nitrogens with zero attached hydrogens (tertiary/aromatic N) is 2. The molecule has 0 aliphatic carbocycles. The molecule has 1 aromatic heterocycles. The van der Waals surface area contributed by atoms with Gasteiger partial charge in [-0.3, -0.25) is 4.79 Å². The Balaban J connectivity index is 2.23. The van der Waals surface area contributed by atoms with E-state index in [9.17, 15) is 4.79 Å².